The van der Waals surface area contributed by atoms with Gasteiger partial charge < -0.3 is 10.2 Å². The fourth-order valence-electron chi connectivity index (χ4n) is 3.83. The first kappa shape index (κ1) is 14.2. The Morgan fingerprint density at radius 2 is 2.05 bits per heavy atom. The maximum absolute atomic E-state index is 6.22. The van der Waals surface area contributed by atoms with Crippen molar-refractivity contribution in [1.82, 2.24) is 10.3 Å². The molecule has 1 saturated carbocycles. The number of anilines is 1. The number of rotatable bonds is 4. The fourth-order valence-corrected chi connectivity index (χ4v) is 4.01. The quantitative estimate of drug-likeness (QED) is 0.919. The van der Waals surface area contributed by atoms with Crippen LogP contribution in [0.4, 0.5) is 5.82 Å². The Balaban J connectivity index is 1.81. The minimum Gasteiger partial charge on any atom is -0.353 e. The van der Waals surface area contributed by atoms with Crippen LogP contribution in [0.2, 0.25) is 5.02 Å². The number of pyridine rings is 1. The van der Waals surface area contributed by atoms with E-state index < -0.39 is 0 Å². The zero-order valence-corrected chi connectivity index (χ0v) is 13.0. The Bertz CT molecular complexity index is 457. The molecular weight excluding hydrogens is 270 g/mol. The number of hydrogen-bond donors (Lipinski definition) is 1. The molecule has 1 aliphatic carbocycles. The van der Waals surface area contributed by atoms with Crippen LogP contribution in [0.5, 0.6) is 0 Å². The van der Waals surface area contributed by atoms with Crippen molar-refractivity contribution >= 4 is 17.4 Å². The number of hydrogen-bond acceptors (Lipinski definition) is 3. The molecule has 1 atom stereocenters. The fraction of sp³-hybridized carbons (Fsp3) is 0.688. The van der Waals surface area contributed by atoms with E-state index in [0.717, 1.165) is 35.5 Å². The summed E-state index contributed by atoms with van der Waals surface area (Å²) in [6.45, 7) is 1.88. The van der Waals surface area contributed by atoms with Crippen molar-refractivity contribution in [2.24, 2.45) is 5.92 Å². The van der Waals surface area contributed by atoms with Gasteiger partial charge >= 0.3 is 0 Å². The van der Waals surface area contributed by atoms with Crippen molar-refractivity contribution in [3.63, 3.8) is 0 Å². The third kappa shape index (κ3) is 2.79. The predicted octanol–water partition coefficient (Wildman–Crippen LogP) is 3.61. The second kappa shape index (κ2) is 6.31. The average Bonchev–Trinajstić information content (AvgIpc) is 3.11. The summed E-state index contributed by atoms with van der Waals surface area (Å²) < 4.78 is 0. The molecule has 110 valence electrons. The van der Waals surface area contributed by atoms with Gasteiger partial charge in [-0.1, -0.05) is 24.4 Å². The minimum atomic E-state index is 0.702. The summed E-state index contributed by atoms with van der Waals surface area (Å²) in [5.74, 6) is 2.00. The van der Waals surface area contributed by atoms with Crippen LogP contribution >= 0.6 is 11.6 Å². The monoisotopic (exact) mass is 293 g/mol. The van der Waals surface area contributed by atoms with Gasteiger partial charge in [-0.3, -0.25) is 0 Å². The van der Waals surface area contributed by atoms with Gasteiger partial charge in [-0.15, -0.1) is 0 Å². The Morgan fingerprint density at radius 1 is 1.25 bits per heavy atom. The van der Waals surface area contributed by atoms with Gasteiger partial charge in [0, 0.05) is 19.1 Å². The molecule has 0 bridgehead atoms. The predicted molar refractivity (Wildman–Crippen MR) is 84.3 cm³/mol. The summed E-state index contributed by atoms with van der Waals surface area (Å²) in [6, 6.07) is 4.80. The summed E-state index contributed by atoms with van der Waals surface area (Å²) in [6.07, 6.45) is 8.25. The van der Waals surface area contributed by atoms with Crippen molar-refractivity contribution in [2.75, 3.05) is 18.5 Å². The number of halogens is 1. The highest BCUT2D eigenvalue weighted by atomic mass is 35.5. The zero-order chi connectivity index (χ0) is 13.9. The molecule has 1 unspecified atom stereocenters. The first-order chi connectivity index (χ1) is 9.79. The largest absolute Gasteiger partial charge is 0.353 e. The van der Waals surface area contributed by atoms with E-state index in [-0.39, 0.29) is 0 Å². The minimum absolute atomic E-state index is 0.702. The summed E-state index contributed by atoms with van der Waals surface area (Å²) >= 11 is 6.22. The van der Waals surface area contributed by atoms with Gasteiger partial charge in [-0.05, 0) is 50.8 Å². The lowest BCUT2D eigenvalue weighted by molar-refractivity contribution is 0.429. The third-order valence-electron chi connectivity index (χ3n) is 4.79. The van der Waals surface area contributed by atoms with Crippen molar-refractivity contribution in [3.8, 4) is 0 Å². The lowest BCUT2D eigenvalue weighted by Crippen LogP contribution is -2.35. The van der Waals surface area contributed by atoms with Crippen LogP contribution in [0, 0.1) is 5.92 Å². The molecule has 1 saturated heterocycles. The Kier molecular flexibility index (Phi) is 4.47. The van der Waals surface area contributed by atoms with E-state index in [1.807, 2.05) is 13.1 Å². The first-order valence-electron chi connectivity index (χ1n) is 7.86. The smallest absolute Gasteiger partial charge is 0.129 e. The molecule has 3 rings (SSSR count). The summed E-state index contributed by atoms with van der Waals surface area (Å²) in [5.41, 5.74) is 0.962. The van der Waals surface area contributed by atoms with Crippen LogP contribution in [0.3, 0.4) is 0 Å². The number of aromatic nitrogens is 1. The second-order valence-electron chi connectivity index (χ2n) is 6.08. The molecule has 0 radical (unpaired) electrons. The van der Waals surface area contributed by atoms with Crippen molar-refractivity contribution < 1.29 is 0 Å². The number of nitrogens with zero attached hydrogens (tertiary/aromatic N) is 2. The molecule has 0 spiro atoms. The van der Waals surface area contributed by atoms with E-state index in [9.17, 15) is 0 Å². The molecule has 0 amide bonds. The maximum Gasteiger partial charge on any atom is 0.129 e. The molecule has 2 fully saturated rings. The Hall–Kier alpha value is -0.800. The van der Waals surface area contributed by atoms with Crippen LogP contribution in [0.1, 0.15) is 44.2 Å². The van der Waals surface area contributed by atoms with E-state index in [2.05, 4.69) is 16.3 Å². The van der Waals surface area contributed by atoms with Gasteiger partial charge in [0.2, 0.25) is 0 Å². The molecule has 1 N–H and O–H groups in total. The summed E-state index contributed by atoms with van der Waals surface area (Å²) in [4.78, 5) is 7.33. The zero-order valence-electron chi connectivity index (χ0n) is 12.2. The van der Waals surface area contributed by atoms with Crippen molar-refractivity contribution in [1.29, 1.82) is 0 Å². The molecule has 4 heteroatoms. The lowest BCUT2D eigenvalue weighted by Gasteiger charge is -2.30. The van der Waals surface area contributed by atoms with Crippen LogP contribution in [-0.2, 0) is 6.54 Å². The third-order valence-corrected chi connectivity index (χ3v) is 5.13. The Labute approximate surface area is 126 Å². The molecule has 1 aromatic rings. The lowest BCUT2D eigenvalue weighted by atomic mass is 9.96. The standard InChI is InChI=1S/C16H24ClN3/c1-18-11-14-13(17)8-9-16(19-14)20-10-4-7-15(20)12-5-2-3-6-12/h8-9,12,15,18H,2-7,10-11H2,1H3. The number of nitrogens with one attached hydrogen (secondary N) is 1. The topological polar surface area (TPSA) is 28.2 Å². The van der Waals surface area contributed by atoms with Crippen LogP contribution in [0.25, 0.3) is 0 Å². The first-order valence-corrected chi connectivity index (χ1v) is 8.24. The molecule has 2 aliphatic rings. The summed E-state index contributed by atoms with van der Waals surface area (Å²) in [7, 11) is 1.93. The van der Waals surface area contributed by atoms with Gasteiger partial charge in [0.25, 0.3) is 0 Å². The van der Waals surface area contributed by atoms with Gasteiger partial charge in [-0.25, -0.2) is 4.98 Å². The molecule has 20 heavy (non-hydrogen) atoms. The van der Waals surface area contributed by atoms with Gasteiger partial charge in [0.05, 0.1) is 10.7 Å². The van der Waals surface area contributed by atoms with Crippen LogP contribution < -0.4 is 10.2 Å². The normalized spacial score (nSPS) is 23.7. The highest BCUT2D eigenvalue weighted by Gasteiger charge is 2.34. The van der Waals surface area contributed by atoms with E-state index in [1.165, 1.54) is 38.5 Å². The van der Waals surface area contributed by atoms with E-state index in [4.69, 9.17) is 16.6 Å². The molecule has 1 aromatic heterocycles. The second-order valence-corrected chi connectivity index (χ2v) is 6.48. The van der Waals surface area contributed by atoms with Crippen LogP contribution in [0.15, 0.2) is 12.1 Å². The van der Waals surface area contributed by atoms with Gasteiger partial charge in [0.1, 0.15) is 5.82 Å². The van der Waals surface area contributed by atoms with Crippen molar-refractivity contribution in [2.45, 2.75) is 51.1 Å². The molecule has 0 aromatic carbocycles. The highest BCUT2D eigenvalue weighted by molar-refractivity contribution is 6.31. The van der Waals surface area contributed by atoms with E-state index in [1.54, 1.807) is 0 Å². The van der Waals surface area contributed by atoms with Crippen LogP contribution in [-0.4, -0.2) is 24.6 Å². The molecular formula is C16H24ClN3. The van der Waals surface area contributed by atoms with Gasteiger partial charge in [0.15, 0.2) is 0 Å². The van der Waals surface area contributed by atoms with E-state index >= 15 is 0 Å². The molecule has 1 aliphatic heterocycles. The highest BCUT2D eigenvalue weighted by Crippen LogP contribution is 2.37. The SMILES string of the molecule is CNCc1nc(N2CCCC2C2CCCC2)ccc1Cl. The maximum atomic E-state index is 6.22. The van der Waals surface area contributed by atoms with Crippen molar-refractivity contribution in [3.05, 3.63) is 22.8 Å². The van der Waals surface area contributed by atoms with E-state index in [0.29, 0.717) is 6.04 Å². The molecule has 2 heterocycles. The van der Waals surface area contributed by atoms with Gasteiger partial charge in [-0.2, -0.15) is 0 Å². The average molecular weight is 294 g/mol. The Morgan fingerprint density at radius 3 is 2.80 bits per heavy atom. The molecule has 3 nitrogen and oxygen atoms in total. The summed E-state index contributed by atoms with van der Waals surface area (Å²) in [5, 5.41) is 3.91.